The third-order valence-electron chi connectivity index (χ3n) is 1.23. The van der Waals surface area contributed by atoms with E-state index in [1.54, 1.807) is 0 Å². The number of rotatable bonds is 1. The van der Waals surface area contributed by atoms with Gasteiger partial charge in [0, 0.05) is 0 Å². The molecule has 0 aromatic heterocycles. The van der Waals surface area contributed by atoms with Crippen LogP contribution in [0.1, 0.15) is 0 Å². The predicted molar refractivity (Wildman–Crippen MR) is 48.5 cm³/mol. The molecule has 1 aromatic carbocycles. The van der Waals surface area contributed by atoms with Crippen molar-refractivity contribution in [2.45, 2.75) is 6.36 Å². The van der Waals surface area contributed by atoms with Gasteiger partial charge < -0.3 is 4.74 Å². The predicted octanol–water partition coefficient (Wildman–Crippen LogP) is 4.25. The number of hydrogen-bond acceptors (Lipinski definition) is 1. The molecular weight excluding hydrogens is 336 g/mol. The standard InChI is InChI=1S/C7H2Br2F4O/c8-3-1-2-4(5(9)6(3)10)14-7(11,12)13/h1-2H. The van der Waals surface area contributed by atoms with Crippen LogP contribution in [0.3, 0.4) is 0 Å². The van der Waals surface area contributed by atoms with Crippen molar-refractivity contribution in [2.75, 3.05) is 0 Å². The van der Waals surface area contributed by atoms with Crippen LogP contribution in [0.15, 0.2) is 21.1 Å². The molecule has 0 unspecified atom stereocenters. The zero-order valence-corrected chi connectivity index (χ0v) is 9.50. The lowest BCUT2D eigenvalue weighted by Crippen LogP contribution is -2.17. The maximum absolute atomic E-state index is 13.0. The van der Waals surface area contributed by atoms with Crippen LogP contribution in [0.25, 0.3) is 0 Å². The van der Waals surface area contributed by atoms with Gasteiger partial charge in [-0.2, -0.15) is 0 Å². The minimum Gasteiger partial charge on any atom is -0.404 e. The Balaban J connectivity index is 3.06. The van der Waals surface area contributed by atoms with Gasteiger partial charge in [0.2, 0.25) is 0 Å². The number of hydrogen-bond donors (Lipinski definition) is 0. The Hall–Kier alpha value is -0.300. The van der Waals surface area contributed by atoms with E-state index in [-0.39, 0.29) is 8.95 Å². The van der Waals surface area contributed by atoms with E-state index in [1.165, 1.54) is 0 Å². The van der Waals surface area contributed by atoms with Crippen LogP contribution in [-0.4, -0.2) is 6.36 Å². The van der Waals surface area contributed by atoms with E-state index >= 15 is 0 Å². The number of halogens is 6. The molecule has 0 aliphatic carbocycles. The Morgan fingerprint density at radius 2 is 1.71 bits per heavy atom. The van der Waals surface area contributed by atoms with Crippen molar-refractivity contribution in [3.05, 3.63) is 26.9 Å². The molecule has 1 rings (SSSR count). The zero-order valence-electron chi connectivity index (χ0n) is 6.33. The van der Waals surface area contributed by atoms with Gasteiger partial charge in [-0.3, -0.25) is 0 Å². The summed E-state index contributed by atoms with van der Waals surface area (Å²) in [6, 6.07) is 2.13. The number of benzene rings is 1. The van der Waals surface area contributed by atoms with Gasteiger partial charge in [0.05, 0.1) is 8.95 Å². The van der Waals surface area contributed by atoms with E-state index in [4.69, 9.17) is 0 Å². The molecule has 0 aliphatic heterocycles. The van der Waals surface area contributed by atoms with Gasteiger partial charge in [-0.05, 0) is 44.0 Å². The highest BCUT2D eigenvalue weighted by Crippen LogP contribution is 2.35. The van der Waals surface area contributed by atoms with Gasteiger partial charge in [0.15, 0.2) is 5.82 Å². The van der Waals surface area contributed by atoms with Gasteiger partial charge in [-0.25, -0.2) is 4.39 Å². The molecule has 1 aromatic rings. The first kappa shape index (κ1) is 11.8. The fourth-order valence-corrected chi connectivity index (χ4v) is 1.73. The summed E-state index contributed by atoms with van der Waals surface area (Å²) in [4.78, 5) is 0. The van der Waals surface area contributed by atoms with Gasteiger partial charge in [-0.15, -0.1) is 13.2 Å². The van der Waals surface area contributed by atoms with Crippen LogP contribution in [0, 0.1) is 5.82 Å². The molecule has 0 fully saturated rings. The molecule has 0 radical (unpaired) electrons. The van der Waals surface area contributed by atoms with Crippen molar-refractivity contribution < 1.29 is 22.3 Å². The highest BCUT2D eigenvalue weighted by Gasteiger charge is 2.32. The van der Waals surface area contributed by atoms with Crippen molar-refractivity contribution in [2.24, 2.45) is 0 Å². The Bertz CT molecular complexity index is 350. The summed E-state index contributed by atoms with van der Waals surface area (Å²) < 4.78 is 51.6. The second kappa shape index (κ2) is 4.06. The van der Waals surface area contributed by atoms with E-state index in [2.05, 4.69) is 36.6 Å². The Kier molecular flexibility index (Phi) is 3.41. The van der Waals surface area contributed by atoms with Crippen LogP contribution < -0.4 is 4.74 Å². The smallest absolute Gasteiger partial charge is 0.404 e. The van der Waals surface area contributed by atoms with Gasteiger partial charge in [-0.1, -0.05) is 0 Å². The highest BCUT2D eigenvalue weighted by atomic mass is 79.9. The lowest BCUT2D eigenvalue weighted by Gasteiger charge is -2.10. The lowest BCUT2D eigenvalue weighted by atomic mass is 10.3. The first-order chi connectivity index (χ1) is 6.31. The number of alkyl halides is 3. The molecule has 0 saturated carbocycles. The quantitative estimate of drug-likeness (QED) is 0.550. The minimum atomic E-state index is -4.83. The van der Waals surface area contributed by atoms with Crippen LogP contribution in [0.2, 0.25) is 0 Å². The van der Waals surface area contributed by atoms with E-state index in [1.807, 2.05) is 0 Å². The van der Waals surface area contributed by atoms with Crippen LogP contribution in [0.5, 0.6) is 5.75 Å². The Morgan fingerprint density at radius 3 is 2.21 bits per heavy atom. The molecule has 1 nitrogen and oxygen atoms in total. The zero-order chi connectivity index (χ0) is 10.9. The summed E-state index contributed by atoms with van der Waals surface area (Å²) in [7, 11) is 0. The lowest BCUT2D eigenvalue weighted by molar-refractivity contribution is -0.275. The first-order valence-corrected chi connectivity index (χ1v) is 4.79. The molecule has 0 bridgehead atoms. The van der Waals surface area contributed by atoms with Gasteiger partial charge in [0.25, 0.3) is 0 Å². The molecule has 0 aliphatic rings. The molecule has 0 spiro atoms. The van der Waals surface area contributed by atoms with Crippen LogP contribution >= 0.6 is 31.9 Å². The molecule has 0 N–H and O–H groups in total. The Morgan fingerprint density at radius 1 is 1.14 bits per heavy atom. The molecule has 7 heteroatoms. The fraction of sp³-hybridized carbons (Fsp3) is 0.143. The molecule has 78 valence electrons. The average Bonchev–Trinajstić information content (AvgIpc) is 2.04. The molecule has 0 atom stereocenters. The summed E-state index contributed by atoms with van der Waals surface area (Å²) in [5.74, 6) is -1.45. The molecule has 14 heavy (non-hydrogen) atoms. The SMILES string of the molecule is Fc1c(Br)ccc(OC(F)(F)F)c1Br. The summed E-state index contributed by atoms with van der Waals surface area (Å²) in [5.41, 5.74) is 0. The molecule has 0 heterocycles. The topological polar surface area (TPSA) is 9.23 Å². The monoisotopic (exact) mass is 336 g/mol. The first-order valence-electron chi connectivity index (χ1n) is 3.20. The maximum Gasteiger partial charge on any atom is 0.573 e. The van der Waals surface area contributed by atoms with Gasteiger partial charge in [0.1, 0.15) is 5.75 Å². The number of ether oxygens (including phenoxy) is 1. The van der Waals surface area contributed by atoms with Crippen LogP contribution in [0.4, 0.5) is 17.6 Å². The van der Waals surface area contributed by atoms with Gasteiger partial charge >= 0.3 is 6.36 Å². The normalized spacial score (nSPS) is 11.6. The van der Waals surface area contributed by atoms with Crippen LogP contribution in [-0.2, 0) is 0 Å². The van der Waals surface area contributed by atoms with Crippen molar-refractivity contribution in [1.29, 1.82) is 0 Å². The third-order valence-corrected chi connectivity index (χ3v) is 2.58. The maximum atomic E-state index is 13.0. The van der Waals surface area contributed by atoms with Crippen molar-refractivity contribution in [1.82, 2.24) is 0 Å². The summed E-state index contributed by atoms with van der Waals surface area (Å²) in [6.45, 7) is 0. The highest BCUT2D eigenvalue weighted by molar-refractivity contribution is 9.11. The van der Waals surface area contributed by atoms with E-state index < -0.39 is 17.9 Å². The van der Waals surface area contributed by atoms with Crippen molar-refractivity contribution >= 4 is 31.9 Å². The summed E-state index contributed by atoms with van der Waals surface area (Å²) >= 11 is 5.47. The fourth-order valence-electron chi connectivity index (χ4n) is 0.712. The van der Waals surface area contributed by atoms with E-state index in [0.717, 1.165) is 12.1 Å². The van der Waals surface area contributed by atoms with E-state index in [0.29, 0.717) is 0 Å². The molecular formula is C7H2Br2F4O. The average molecular weight is 338 g/mol. The summed E-state index contributed by atoms with van der Waals surface area (Å²) in [5, 5.41) is 0. The second-order valence-electron chi connectivity index (χ2n) is 2.22. The van der Waals surface area contributed by atoms with Crippen molar-refractivity contribution in [3.63, 3.8) is 0 Å². The van der Waals surface area contributed by atoms with Crippen molar-refractivity contribution in [3.8, 4) is 5.75 Å². The molecule has 0 amide bonds. The largest absolute Gasteiger partial charge is 0.573 e. The summed E-state index contributed by atoms with van der Waals surface area (Å²) in [6.07, 6.45) is -4.83. The minimum absolute atomic E-state index is 0.0545. The third kappa shape index (κ3) is 2.84. The van der Waals surface area contributed by atoms with E-state index in [9.17, 15) is 17.6 Å². The Labute approximate surface area is 93.3 Å². The molecule has 0 saturated heterocycles. The second-order valence-corrected chi connectivity index (χ2v) is 3.87.